The maximum absolute atomic E-state index is 11.4. The van der Waals surface area contributed by atoms with Crippen LogP contribution in [0.5, 0.6) is 11.5 Å². The minimum Gasteiger partial charge on any atom is -0.507 e. The number of aromatic hydroxyl groups is 2. The van der Waals surface area contributed by atoms with Gasteiger partial charge in [0, 0.05) is 65.5 Å². The molecule has 0 atom stereocenters. The van der Waals surface area contributed by atoms with Gasteiger partial charge in [-0.15, -0.1) is 0 Å². The Hall–Kier alpha value is -2.66. The number of aliphatic carboxylic acids is 2. The van der Waals surface area contributed by atoms with Crippen molar-refractivity contribution in [3.05, 3.63) is 57.6 Å². The van der Waals surface area contributed by atoms with Crippen LogP contribution in [0.2, 0.25) is 0 Å². The maximum atomic E-state index is 11.4. The molecule has 6 N–H and O–H groups in total. The summed E-state index contributed by atoms with van der Waals surface area (Å²) in [6.07, 6.45) is 0. The summed E-state index contributed by atoms with van der Waals surface area (Å²) in [5.41, 5.74) is 3.20. The number of aliphatic hydroxyl groups excluding tert-OH is 2. The van der Waals surface area contributed by atoms with E-state index in [1.807, 2.05) is 0 Å². The smallest absolute Gasteiger partial charge is 0.317 e. The normalized spacial score (nSPS) is 10.7. The van der Waals surface area contributed by atoms with Crippen LogP contribution in [0.1, 0.15) is 40.8 Å². The quantitative estimate of drug-likeness (QED) is 0.204. The third-order valence-corrected chi connectivity index (χ3v) is 5.40. The summed E-state index contributed by atoms with van der Waals surface area (Å²) < 4.78 is 0. The Morgan fingerprint density at radius 2 is 1.00 bits per heavy atom. The second-order valence-electron chi connectivity index (χ2n) is 8.39. The molecule has 0 saturated carbocycles. The Morgan fingerprint density at radius 1 is 0.694 bits per heavy atom. The third-order valence-electron chi connectivity index (χ3n) is 5.40. The number of hydrogen-bond donors (Lipinski definition) is 6. The molecule has 0 unspecified atom stereocenters. The van der Waals surface area contributed by atoms with E-state index in [0.29, 0.717) is 22.3 Å². The minimum atomic E-state index is -1.08. The van der Waals surface area contributed by atoms with E-state index >= 15 is 0 Å². The predicted octanol–water partition coefficient (Wildman–Crippen LogP) is 1.81. The largest absolute Gasteiger partial charge is 0.507 e. The van der Waals surface area contributed by atoms with Gasteiger partial charge in [-0.25, -0.2) is 0 Å². The number of hydrogen-bond acceptors (Lipinski definition) is 8. The Balaban J connectivity index is 0.00000612. The molecule has 36 heavy (non-hydrogen) atoms. The monoisotopic (exact) mass is 548 g/mol. The second kappa shape index (κ2) is 15.5. The minimum absolute atomic E-state index is 0. The van der Waals surface area contributed by atoms with Crippen LogP contribution in [-0.4, -0.2) is 78.6 Å². The van der Waals surface area contributed by atoms with Crippen molar-refractivity contribution < 1.29 is 57.3 Å². The first kappa shape index (κ1) is 33.3. The van der Waals surface area contributed by atoms with Crippen LogP contribution in [0.25, 0.3) is 0 Å². The predicted molar refractivity (Wildman–Crippen MR) is 130 cm³/mol. The molecular weight excluding hydrogens is 512 g/mol. The zero-order valence-corrected chi connectivity index (χ0v) is 20.8. The van der Waals surface area contributed by atoms with Gasteiger partial charge in [-0.1, -0.05) is 42.8 Å². The molecule has 0 amide bonds. The molecule has 10 nitrogen and oxygen atoms in total. The molecule has 11 heteroatoms. The first-order valence-electron chi connectivity index (χ1n) is 10.8. The summed E-state index contributed by atoms with van der Waals surface area (Å²) >= 11 is 0. The Kier molecular flexibility index (Phi) is 14.3. The average molecular weight is 548 g/mol. The number of carboxylic acid groups (broad SMARTS) is 2. The Morgan fingerprint density at radius 3 is 1.28 bits per heavy atom. The van der Waals surface area contributed by atoms with Gasteiger partial charge in [-0.05, 0) is 13.8 Å². The molecule has 0 bridgehead atoms. The van der Waals surface area contributed by atoms with Gasteiger partial charge in [-0.2, -0.15) is 0 Å². The van der Waals surface area contributed by atoms with E-state index in [9.17, 15) is 40.2 Å². The van der Waals surface area contributed by atoms with E-state index in [1.165, 1.54) is 0 Å². The molecule has 2 rings (SSSR count). The van der Waals surface area contributed by atoms with Crippen LogP contribution >= 0.6 is 0 Å². The Bertz CT molecular complexity index is 950. The van der Waals surface area contributed by atoms with E-state index < -0.39 is 11.9 Å². The van der Waals surface area contributed by atoms with Gasteiger partial charge in [0.1, 0.15) is 11.5 Å². The average Bonchev–Trinajstić information content (AvgIpc) is 2.75. The van der Waals surface area contributed by atoms with Crippen molar-refractivity contribution in [3.8, 4) is 11.5 Å². The second-order valence-corrected chi connectivity index (χ2v) is 8.39. The fourth-order valence-electron chi connectivity index (χ4n) is 3.93. The van der Waals surface area contributed by atoms with Crippen molar-refractivity contribution >= 4 is 11.9 Å². The molecule has 2 aromatic rings. The number of rotatable bonds is 13. The number of phenols is 2. The number of nitrogens with zero attached hydrogens (tertiary/aromatic N) is 2. The number of carbonyl (C=O) groups is 2. The van der Waals surface area contributed by atoms with Crippen molar-refractivity contribution in [2.75, 3.05) is 26.2 Å². The van der Waals surface area contributed by atoms with Crippen LogP contribution in [0, 0.1) is 13.8 Å². The summed E-state index contributed by atoms with van der Waals surface area (Å²) in [5, 5.41) is 58.5. The van der Waals surface area contributed by atoms with Crippen molar-refractivity contribution in [3.63, 3.8) is 0 Å². The zero-order valence-electron chi connectivity index (χ0n) is 19.7. The van der Waals surface area contributed by atoms with Crippen LogP contribution < -0.4 is 0 Å². The van der Waals surface area contributed by atoms with Crippen LogP contribution in [-0.2, 0) is 53.0 Å². The van der Waals surface area contributed by atoms with Gasteiger partial charge >= 0.3 is 11.9 Å². The summed E-state index contributed by atoms with van der Waals surface area (Å²) in [5.74, 6) is -2.37. The molecular formula is C25H36FeN2O8. The zero-order chi connectivity index (χ0) is 25.4. The molecule has 0 fully saturated rings. The van der Waals surface area contributed by atoms with Crippen molar-refractivity contribution in [1.82, 2.24) is 9.80 Å². The number of benzene rings is 2. The molecule has 0 aromatic heterocycles. The van der Waals surface area contributed by atoms with E-state index in [0.717, 1.165) is 11.1 Å². The summed E-state index contributed by atoms with van der Waals surface area (Å²) in [6, 6.07) is 6.70. The fraction of sp³-hybridized carbons (Fsp3) is 0.440. The van der Waals surface area contributed by atoms with Gasteiger partial charge in [-0.3, -0.25) is 19.4 Å². The molecule has 0 radical (unpaired) electrons. The van der Waals surface area contributed by atoms with Crippen LogP contribution in [0.4, 0.5) is 0 Å². The number of aryl methyl sites for hydroxylation is 2. The standard InChI is InChI=1S/C24H32N2O8.CH4.Fe/c1-15-5-17(23(33)19(7-15)13-27)9-25(11-21(29)30)3-4-26(12-22(31)32)10-18-6-16(2)8-20(14-28)24(18)34;;/h5-8,27-28,33-34H,3-4,9-14H2,1-2H3,(H,29,30)(H,31,32);1H4;. The van der Waals surface area contributed by atoms with E-state index in [4.69, 9.17) is 0 Å². The first-order valence-corrected chi connectivity index (χ1v) is 10.8. The van der Waals surface area contributed by atoms with E-state index in [-0.39, 0.29) is 88.5 Å². The van der Waals surface area contributed by atoms with Gasteiger partial charge in [0.15, 0.2) is 0 Å². The van der Waals surface area contributed by atoms with Crippen molar-refractivity contribution in [2.45, 2.75) is 47.6 Å². The van der Waals surface area contributed by atoms with Crippen molar-refractivity contribution in [1.29, 1.82) is 0 Å². The summed E-state index contributed by atoms with van der Waals surface area (Å²) in [4.78, 5) is 26.0. The number of carboxylic acids is 2. The summed E-state index contributed by atoms with van der Waals surface area (Å²) in [7, 11) is 0. The van der Waals surface area contributed by atoms with Gasteiger partial charge in [0.05, 0.1) is 26.3 Å². The SMILES string of the molecule is C.Cc1cc(CO)c(O)c(CN(CCN(CC(=O)O)Cc2cc(C)cc(CO)c2O)CC(=O)O)c1.[Fe]. The maximum Gasteiger partial charge on any atom is 0.317 e. The molecule has 2 aromatic carbocycles. The topological polar surface area (TPSA) is 162 Å². The van der Waals surface area contributed by atoms with Crippen LogP contribution in [0.15, 0.2) is 24.3 Å². The van der Waals surface area contributed by atoms with Crippen LogP contribution in [0.3, 0.4) is 0 Å². The Labute approximate surface area is 221 Å². The van der Waals surface area contributed by atoms with E-state index in [1.54, 1.807) is 47.9 Å². The molecule has 0 heterocycles. The molecule has 0 spiro atoms. The van der Waals surface area contributed by atoms with Gasteiger partial charge in [0.2, 0.25) is 0 Å². The molecule has 202 valence electrons. The number of aliphatic hydroxyl groups is 2. The molecule has 0 aliphatic heterocycles. The van der Waals surface area contributed by atoms with Gasteiger partial charge in [0.25, 0.3) is 0 Å². The van der Waals surface area contributed by atoms with Crippen molar-refractivity contribution in [2.24, 2.45) is 0 Å². The third kappa shape index (κ3) is 9.77. The molecule has 0 aliphatic carbocycles. The van der Waals surface area contributed by atoms with Gasteiger partial charge < -0.3 is 30.6 Å². The molecule has 0 aliphatic rings. The molecule has 0 saturated heterocycles. The van der Waals surface area contributed by atoms with E-state index in [2.05, 4.69) is 0 Å². The first-order chi connectivity index (χ1) is 16.0. The summed E-state index contributed by atoms with van der Waals surface area (Å²) in [6.45, 7) is 2.70. The fourth-order valence-corrected chi connectivity index (χ4v) is 3.93.